The fraction of sp³-hybridized carbons (Fsp3) is 0.368. The maximum atomic E-state index is 12.0. The smallest absolute Gasteiger partial charge is 0.241 e. The minimum atomic E-state index is -0.0495. The van der Waals surface area contributed by atoms with Crippen LogP contribution in [0.2, 0.25) is 0 Å². The average Bonchev–Trinajstić information content (AvgIpc) is 3.29. The van der Waals surface area contributed by atoms with Gasteiger partial charge in [0.1, 0.15) is 6.54 Å². The summed E-state index contributed by atoms with van der Waals surface area (Å²) in [6.07, 6.45) is 8.01. The Hall–Kier alpha value is -3.16. The van der Waals surface area contributed by atoms with Crippen LogP contribution in [0.5, 0.6) is 0 Å². The lowest BCUT2D eigenvalue weighted by molar-refractivity contribution is -0.121. The number of aromatic nitrogens is 5. The first-order valence-electron chi connectivity index (χ1n) is 9.18. The Morgan fingerprint density at radius 1 is 1.11 bits per heavy atom. The number of nitrogen functional groups attached to an aromatic ring is 1. The van der Waals surface area contributed by atoms with Crippen LogP contribution in [0.1, 0.15) is 29.8 Å². The van der Waals surface area contributed by atoms with Crippen LogP contribution in [0, 0.1) is 0 Å². The maximum absolute atomic E-state index is 12.0. The molecular formula is C19H25N7O. The molecule has 0 aliphatic rings. The molecule has 0 atom stereocenters. The van der Waals surface area contributed by atoms with E-state index in [4.69, 9.17) is 5.73 Å². The molecule has 142 valence electrons. The van der Waals surface area contributed by atoms with Gasteiger partial charge in [-0.1, -0.05) is 35.5 Å². The summed E-state index contributed by atoms with van der Waals surface area (Å²) in [5.74, 6) is 0.386. The number of nitrogens with two attached hydrogens (primary N) is 1. The number of nitrogens with one attached hydrogen (secondary N) is 2. The van der Waals surface area contributed by atoms with E-state index in [1.165, 1.54) is 5.56 Å². The predicted molar refractivity (Wildman–Crippen MR) is 103 cm³/mol. The van der Waals surface area contributed by atoms with Crippen molar-refractivity contribution in [2.24, 2.45) is 0 Å². The van der Waals surface area contributed by atoms with Crippen LogP contribution < -0.4 is 11.1 Å². The van der Waals surface area contributed by atoms with Gasteiger partial charge in [0, 0.05) is 18.9 Å². The van der Waals surface area contributed by atoms with Gasteiger partial charge in [-0.2, -0.15) is 0 Å². The first kappa shape index (κ1) is 18.6. The van der Waals surface area contributed by atoms with Gasteiger partial charge in [0.05, 0.1) is 11.4 Å². The summed E-state index contributed by atoms with van der Waals surface area (Å²) in [6, 6.07) is 10.3. The summed E-state index contributed by atoms with van der Waals surface area (Å²) in [6.45, 7) is 0.844. The second-order valence-corrected chi connectivity index (χ2v) is 6.48. The number of hydrogen-bond donors (Lipinski definition) is 3. The number of anilines is 1. The van der Waals surface area contributed by atoms with E-state index >= 15 is 0 Å². The second kappa shape index (κ2) is 9.51. The molecule has 0 spiro atoms. The minimum Gasteiger partial charge on any atom is -0.369 e. The molecule has 1 aromatic carbocycles. The maximum Gasteiger partial charge on any atom is 0.241 e. The first-order chi connectivity index (χ1) is 13.2. The Kier molecular flexibility index (Phi) is 6.56. The van der Waals surface area contributed by atoms with E-state index in [9.17, 15) is 4.79 Å². The van der Waals surface area contributed by atoms with Gasteiger partial charge >= 0.3 is 0 Å². The standard InChI is InChI=1S/C19H25N7O/c20-19-22-12-16(23-19)9-4-10-17-13-26(25-24-17)14-18(27)21-11-5-8-15-6-2-1-3-7-15/h1-3,6-7,12-13H,4-5,8-11,14H2,(H,21,27)(H3,20,22,23). The van der Waals surface area contributed by atoms with Crippen LogP contribution >= 0.6 is 0 Å². The highest BCUT2D eigenvalue weighted by molar-refractivity contribution is 5.75. The zero-order valence-corrected chi connectivity index (χ0v) is 15.3. The van der Waals surface area contributed by atoms with E-state index in [0.29, 0.717) is 12.5 Å². The summed E-state index contributed by atoms with van der Waals surface area (Å²) in [4.78, 5) is 19.0. The van der Waals surface area contributed by atoms with Gasteiger partial charge in [0.2, 0.25) is 5.91 Å². The Morgan fingerprint density at radius 2 is 1.93 bits per heavy atom. The van der Waals surface area contributed by atoms with Crippen LogP contribution in [-0.2, 0) is 30.6 Å². The van der Waals surface area contributed by atoms with Crippen molar-refractivity contribution in [1.82, 2.24) is 30.3 Å². The molecule has 0 saturated carbocycles. The zero-order chi connectivity index (χ0) is 18.9. The molecule has 3 aromatic rings. The van der Waals surface area contributed by atoms with Crippen LogP contribution in [0.25, 0.3) is 0 Å². The molecule has 0 saturated heterocycles. The first-order valence-corrected chi connectivity index (χ1v) is 9.18. The quantitative estimate of drug-likeness (QED) is 0.470. The van der Waals surface area contributed by atoms with Crippen LogP contribution in [0.3, 0.4) is 0 Å². The fourth-order valence-electron chi connectivity index (χ4n) is 2.85. The van der Waals surface area contributed by atoms with E-state index in [2.05, 4.69) is 37.7 Å². The summed E-state index contributed by atoms with van der Waals surface area (Å²) >= 11 is 0. The average molecular weight is 367 g/mol. The number of hydrogen-bond acceptors (Lipinski definition) is 5. The molecule has 8 heteroatoms. The summed E-state index contributed by atoms with van der Waals surface area (Å²) in [7, 11) is 0. The molecule has 0 fully saturated rings. The second-order valence-electron chi connectivity index (χ2n) is 6.48. The van der Waals surface area contributed by atoms with Gasteiger partial charge in [-0.15, -0.1) is 5.10 Å². The molecule has 3 rings (SSSR count). The lowest BCUT2D eigenvalue weighted by Gasteiger charge is -2.05. The highest BCUT2D eigenvalue weighted by Gasteiger charge is 2.06. The number of aryl methyl sites for hydroxylation is 3. The SMILES string of the molecule is Nc1nc(CCCc2cn(CC(=O)NCCCc3ccccc3)nn2)c[nH]1. The highest BCUT2D eigenvalue weighted by atomic mass is 16.2. The lowest BCUT2D eigenvalue weighted by Crippen LogP contribution is -2.28. The Morgan fingerprint density at radius 3 is 2.70 bits per heavy atom. The third-order valence-electron chi connectivity index (χ3n) is 4.22. The Bertz CT molecular complexity index is 841. The summed E-state index contributed by atoms with van der Waals surface area (Å²) in [5.41, 5.74) is 8.65. The molecule has 27 heavy (non-hydrogen) atoms. The third kappa shape index (κ3) is 6.25. The van der Waals surface area contributed by atoms with E-state index in [1.54, 1.807) is 4.68 Å². The van der Waals surface area contributed by atoms with Crippen molar-refractivity contribution >= 4 is 11.9 Å². The van der Waals surface area contributed by atoms with Crippen molar-refractivity contribution in [3.63, 3.8) is 0 Å². The normalized spacial score (nSPS) is 10.8. The number of carbonyl (C=O) groups excluding carboxylic acids is 1. The molecule has 0 aliphatic heterocycles. The molecule has 8 nitrogen and oxygen atoms in total. The number of amides is 1. The number of benzene rings is 1. The topological polar surface area (TPSA) is 115 Å². The van der Waals surface area contributed by atoms with E-state index in [-0.39, 0.29) is 12.5 Å². The Labute approximate surface area is 158 Å². The van der Waals surface area contributed by atoms with Crippen molar-refractivity contribution in [2.75, 3.05) is 12.3 Å². The predicted octanol–water partition coefficient (Wildman–Crippen LogP) is 1.51. The number of aromatic amines is 1. The van der Waals surface area contributed by atoms with Gasteiger partial charge in [-0.25, -0.2) is 9.67 Å². The number of carbonyl (C=O) groups is 1. The Balaban J connectivity index is 1.32. The molecule has 0 bridgehead atoms. The largest absolute Gasteiger partial charge is 0.369 e. The zero-order valence-electron chi connectivity index (χ0n) is 15.3. The van der Waals surface area contributed by atoms with Crippen LogP contribution in [0.4, 0.5) is 5.95 Å². The monoisotopic (exact) mass is 367 g/mol. The molecule has 2 heterocycles. The molecule has 1 amide bonds. The molecule has 4 N–H and O–H groups in total. The van der Waals surface area contributed by atoms with Crippen molar-refractivity contribution in [3.8, 4) is 0 Å². The van der Waals surface area contributed by atoms with Crippen LogP contribution in [-0.4, -0.2) is 37.4 Å². The summed E-state index contributed by atoms with van der Waals surface area (Å²) < 4.78 is 1.58. The minimum absolute atomic E-state index is 0.0495. The van der Waals surface area contributed by atoms with Gasteiger partial charge < -0.3 is 16.0 Å². The van der Waals surface area contributed by atoms with Crippen molar-refractivity contribution in [1.29, 1.82) is 0 Å². The van der Waals surface area contributed by atoms with E-state index < -0.39 is 0 Å². The summed E-state index contributed by atoms with van der Waals surface area (Å²) in [5, 5.41) is 11.1. The van der Waals surface area contributed by atoms with Crippen molar-refractivity contribution < 1.29 is 4.79 Å². The molecular weight excluding hydrogens is 342 g/mol. The lowest BCUT2D eigenvalue weighted by atomic mass is 10.1. The van der Waals surface area contributed by atoms with E-state index in [1.807, 2.05) is 30.6 Å². The van der Waals surface area contributed by atoms with Crippen molar-refractivity contribution in [2.45, 2.75) is 38.6 Å². The van der Waals surface area contributed by atoms with Crippen molar-refractivity contribution in [3.05, 3.63) is 59.7 Å². The van der Waals surface area contributed by atoms with Gasteiger partial charge in [0.25, 0.3) is 0 Å². The van der Waals surface area contributed by atoms with Gasteiger partial charge in [-0.3, -0.25) is 4.79 Å². The molecule has 0 radical (unpaired) electrons. The molecule has 0 aliphatic carbocycles. The molecule has 0 unspecified atom stereocenters. The third-order valence-corrected chi connectivity index (χ3v) is 4.22. The molecule has 2 aromatic heterocycles. The van der Waals surface area contributed by atoms with Crippen LogP contribution in [0.15, 0.2) is 42.7 Å². The number of H-pyrrole nitrogens is 1. The van der Waals surface area contributed by atoms with Gasteiger partial charge in [0.15, 0.2) is 5.95 Å². The van der Waals surface area contributed by atoms with E-state index in [0.717, 1.165) is 43.5 Å². The number of rotatable bonds is 10. The fourth-order valence-corrected chi connectivity index (χ4v) is 2.85. The number of imidazole rings is 1. The highest BCUT2D eigenvalue weighted by Crippen LogP contribution is 2.06. The number of nitrogens with zero attached hydrogens (tertiary/aromatic N) is 4. The van der Waals surface area contributed by atoms with Gasteiger partial charge in [-0.05, 0) is 37.7 Å².